The lowest BCUT2D eigenvalue weighted by Crippen LogP contribution is -2.43. The molecule has 0 fully saturated rings. The first kappa shape index (κ1) is 25.6. The molecule has 0 saturated carbocycles. The third-order valence-corrected chi connectivity index (χ3v) is 7.98. The highest BCUT2D eigenvalue weighted by Crippen LogP contribution is 2.49. The summed E-state index contributed by atoms with van der Waals surface area (Å²) in [6.45, 7) is 6.04. The van der Waals surface area contributed by atoms with Gasteiger partial charge in [0.2, 0.25) is 6.79 Å². The number of rotatable bonds is 7. The number of methoxy groups -OCH3 is 1. The number of esters is 2. The zero-order chi connectivity index (χ0) is 25.3. The largest absolute Gasteiger partial charge is 0.468 e. The summed E-state index contributed by atoms with van der Waals surface area (Å²) in [6, 6.07) is 3.54. The first-order valence-electron chi connectivity index (χ1n) is 11.4. The molecule has 1 aromatic carbocycles. The summed E-state index contributed by atoms with van der Waals surface area (Å²) in [6.07, 6.45) is 0.465. The quantitative estimate of drug-likeness (QED) is 0.297. The van der Waals surface area contributed by atoms with E-state index in [1.807, 2.05) is 13.8 Å². The number of carbonyl (C=O) groups excluding carboxylic acids is 3. The van der Waals surface area contributed by atoms with Crippen LogP contribution in [0.25, 0.3) is 0 Å². The number of hydrogen-bond acceptors (Lipinski definition) is 9. The molecule has 4 rings (SSSR count). The topological polar surface area (TPSA) is 100 Å². The molecular formula is C25H28BrNO7S. The van der Waals surface area contributed by atoms with Crippen molar-refractivity contribution in [2.45, 2.75) is 33.1 Å². The maximum Gasteiger partial charge on any atom is 0.336 e. The summed E-state index contributed by atoms with van der Waals surface area (Å²) in [5, 5.41) is 3.27. The molecule has 0 aromatic heterocycles. The Bertz CT molecular complexity index is 1130. The lowest BCUT2D eigenvalue weighted by molar-refractivity contribution is -0.151. The van der Waals surface area contributed by atoms with Gasteiger partial charge in [-0.05, 0) is 42.7 Å². The Morgan fingerprint density at radius 2 is 1.97 bits per heavy atom. The van der Waals surface area contributed by atoms with Crippen molar-refractivity contribution in [1.29, 1.82) is 0 Å². The highest BCUT2D eigenvalue weighted by atomic mass is 79.9. The summed E-state index contributed by atoms with van der Waals surface area (Å²) >= 11 is 5.28. The molecule has 1 aromatic rings. The summed E-state index contributed by atoms with van der Waals surface area (Å²) < 4.78 is 22.3. The van der Waals surface area contributed by atoms with Crippen LogP contribution in [0.4, 0.5) is 0 Å². The molecule has 1 N–H and O–H groups in total. The van der Waals surface area contributed by atoms with E-state index in [9.17, 15) is 14.4 Å². The monoisotopic (exact) mass is 565 g/mol. The average molecular weight is 566 g/mol. The van der Waals surface area contributed by atoms with Crippen LogP contribution in [0.5, 0.6) is 11.5 Å². The molecule has 0 radical (unpaired) electrons. The van der Waals surface area contributed by atoms with Crippen LogP contribution in [0.2, 0.25) is 0 Å². The third-order valence-electron chi connectivity index (χ3n) is 6.43. The van der Waals surface area contributed by atoms with E-state index in [1.165, 1.54) is 7.11 Å². The molecule has 188 valence electrons. The fraction of sp³-hybridized carbons (Fsp3) is 0.480. The van der Waals surface area contributed by atoms with E-state index in [1.54, 1.807) is 30.8 Å². The molecule has 0 unspecified atom stereocenters. The molecule has 0 amide bonds. The van der Waals surface area contributed by atoms with Crippen molar-refractivity contribution >= 4 is 45.4 Å². The minimum atomic E-state index is -0.951. The van der Waals surface area contributed by atoms with Gasteiger partial charge in [0, 0.05) is 33.1 Å². The van der Waals surface area contributed by atoms with E-state index >= 15 is 0 Å². The average Bonchev–Trinajstić information content (AvgIpc) is 3.27. The van der Waals surface area contributed by atoms with Gasteiger partial charge in [-0.15, -0.1) is 0 Å². The van der Waals surface area contributed by atoms with Gasteiger partial charge in [-0.1, -0.05) is 29.8 Å². The van der Waals surface area contributed by atoms with Gasteiger partial charge >= 0.3 is 11.9 Å². The van der Waals surface area contributed by atoms with Crippen molar-refractivity contribution in [2.24, 2.45) is 11.8 Å². The number of carbonyl (C=O) groups is 3. The van der Waals surface area contributed by atoms with Gasteiger partial charge < -0.3 is 24.3 Å². The maximum atomic E-state index is 13.8. The standard InChI is InChI=1S/C25H28BrNO7S/c1-5-35-7-6-32-25(30)20-13(3)27-16-8-12(2)19(24(29)31-4)23(28)22(16)21(20)14-9-17-18(10-15(14)26)34-11-33-17/h9-10,12,19,21,27H,5-8,11H2,1-4H3/t12-,19-,21+/m0/s1. The summed E-state index contributed by atoms with van der Waals surface area (Å²) in [5.41, 5.74) is 2.68. The minimum absolute atomic E-state index is 0.0884. The first-order chi connectivity index (χ1) is 16.8. The zero-order valence-electron chi connectivity index (χ0n) is 20.1. The van der Waals surface area contributed by atoms with Gasteiger partial charge in [0.1, 0.15) is 12.5 Å². The van der Waals surface area contributed by atoms with Crippen molar-refractivity contribution in [3.63, 3.8) is 0 Å². The van der Waals surface area contributed by atoms with Crippen LogP contribution in [0.1, 0.15) is 38.7 Å². The van der Waals surface area contributed by atoms with Crippen molar-refractivity contribution in [3.05, 3.63) is 44.7 Å². The highest BCUT2D eigenvalue weighted by molar-refractivity contribution is 9.10. The first-order valence-corrected chi connectivity index (χ1v) is 13.4. The smallest absolute Gasteiger partial charge is 0.336 e. The molecule has 10 heteroatoms. The van der Waals surface area contributed by atoms with Crippen molar-refractivity contribution < 1.29 is 33.3 Å². The zero-order valence-corrected chi connectivity index (χ0v) is 22.5. The number of dihydropyridines is 1. The Morgan fingerprint density at radius 3 is 2.66 bits per heavy atom. The fourth-order valence-corrected chi connectivity index (χ4v) is 5.87. The summed E-state index contributed by atoms with van der Waals surface area (Å²) in [5.74, 6) is -0.711. The Hall–Kier alpha value is -2.46. The number of ketones is 1. The number of nitrogens with one attached hydrogen (secondary N) is 1. The SMILES string of the molecule is CCSCCOC(=O)C1=C(C)NC2=C(C(=O)[C@@H](C(=O)OC)[C@@H](C)C2)[C@@H]1c1cc2c(cc1Br)OCO2. The van der Waals surface area contributed by atoms with Crippen LogP contribution in [0.15, 0.2) is 39.1 Å². The second-order valence-electron chi connectivity index (χ2n) is 8.60. The van der Waals surface area contributed by atoms with Gasteiger partial charge in [-0.25, -0.2) is 4.79 Å². The van der Waals surface area contributed by atoms with Crippen LogP contribution >= 0.6 is 27.7 Å². The number of thioether (sulfide) groups is 1. The number of fused-ring (bicyclic) bond motifs is 1. The molecule has 2 heterocycles. The molecule has 1 aliphatic carbocycles. The van der Waals surface area contributed by atoms with E-state index in [-0.39, 0.29) is 25.1 Å². The number of hydrogen-bond donors (Lipinski definition) is 1. The second kappa shape index (κ2) is 10.7. The van der Waals surface area contributed by atoms with Crippen LogP contribution < -0.4 is 14.8 Å². The van der Waals surface area contributed by atoms with E-state index in [0.29, 0.717) is 56.2 Å². The van der Waals surface area contributed by atoms with Gasteiger partial charge in [0.05, 0.1) is 12.7 Å². The van der Waals surface area contributed by atoms with Gasteiger partial charge in [-0.2, -0.15) is 11.8 Å². The number of Topliss-reactive ketones (excluding diaryl/α,β-unsaturated/α-hetero) is 1. The normalized spacial score (nSPS) is 23.1. The Balaban J connectivity index is 1.82. The molecule has 2 aliphatic heterocycles. The molecule has 3 aliphatic rings. The van der Waals surface area contributed by atoms with Crippen molar-refractivity contribution in [1.82, 2.24) is 5.32 Å². The highest BCUT2D eigenvalue weighted by Gasteiger charge is 2.48. The predicted molar refractivity (Wildman–Crippen MR) is 134 cm³/mol. The number of allylic oxidation sites excluding steroid dienone is 3. The second-order valence-corrected chi connectivity index (χ2v) is 10.8. The number of ether oxygens (including phenoxy) is 4. The van der Waals surface area contributed by atoms with Gasteiger partial charge in [0.15, 0.2) is 17.3 Å². The Labute approximate surface area is 216 Å². The number of benzene rings is 1. The predicted octanol–water partition coefficient (Wildman–Crippen LogP) is 4.09. The van der Waals surface area contributed by atoms with E-state index in [0.717, 1.165) is 5.75 Å². The Kier molecular flexibility index (Phi) is 7.80. The van der Waals surface area contributed by atoms with Crippen molar-refractivity contribution in [3.8, 4) is 11.5 Å². The minimum Gasteiger partial charge on any atom is -0.468 e. The van der Waals surface area contributed by atoms with Gasteiger partial charge in [-0.3, -0.25) is 9.59 Å². The molecule has 3 atom stereocenters. The molecule has 35 heavy (non-hydrogen) atoms. The van der Waals surface area contributed by atoms with Gasteiger partial charge in [0.25, 0.3) is 0 Å². The maximum absolute atomic E-state index is 13.8. The Morgan fingerprint density at radius 1 is 1.26 bits per heavy atom. The van der Waals surface area contributed by atoms with E-state index in [4.69, 9.17) is 18.9 Å². The van der Waals surface area contributed by atoms with Crippen molar-refractivity contribution in [2.75, 3.05) is 32.0 Å². The van der Waals surface area contributed by atoms with Crippen LogP contribution in [0.3, 0.4) is 0 Å². The van der Waals surface area contributed by atoms with Crippen LogP contribution in [0, 0.1) is 11.8 Å². The summed E-state index contributed by atoms with van der Waals surface area (Å²) in [4.78, 5) is 39.8. The molecule has 8 nitrogen and oxygen atoms in total. The summed E-state index contributed by atoms with van der Waals surface area (Å²) in [7, 11) is 1.28. The molecular weight excluding hydrogens is 538 g/mol. The van der Waals surface area contributed by atoms with E-state index < -0.39 is 23.8 Å². The van der Waals surface area contributed by atoms with Crippen LogP contribution in [-0.4, -0.2) is 49.7 Å². The van der Waals surface area contributed by atoms with E-state index in [2.05, 4.69) is 21.2 Å². The lowest BCUT2D eigenvalue weighted by Gasteiger charge is -2.38. The fourth-order valence-electron chi connectivity index (χ4n) is 4.83. The third kappa shape index (κ3) is 4.82. The molecule has 0 saturated heterocycles. The van der Waals surface area contributed by atoms with Crippen LogP contribution in [-0.2, 0) is 23.9 Å². The number of halogens is 1. The molecule has 0 spiro atoms. The molecule has 0 bridgehead atoms. The lowest BCUT2D eigenvalue weighted by atomic mass is 9.69.